The van der Waals surface area contributed by atoms with Crippen LogP contribution in [0.5, 0.6) is 0 Å². The van der Waals surface area contributed by atoms with Gasteiger partial charge in [-0.2, -0.15) is 0 Å². The summed E-state index contributed by atoms with van der Waals surface area (Å²) >= 11 is 0. The highest BCUT2D eigenvalue weighted by molar-refractivity contribution is 5.96. The van der Waals surface area contributed by atoms with Gasteiger partial charge in [-0.3, -0.25) is 19.1 Å². The maximum absolute atomic E-state index is 12.7. The third-order valence-electron chi connectivity index (χ3n) is 5.44. The maximum Gasteiger partial charge on any atom is 0.259 e. The van der Waals surface area contributed by atoms with Gasteiger partial charge in [0, 0.05) is 43.7 Å². The third-order valence-corrected chi connectivity index (χ3v) is 5.44. The van der Waals surface area contributed by atoms with Crippen LogP contribution in [-0.2, 0) is 6.54 Å². The molecule has 0 atom stereocenters. The molecule has 0 aromatic carbocycles. The summed E-state index contributed by atoms with van der Waals surface area (Å²) in [7, 11) is 0. The molecule has 0 saturated carbocycles. The van der Waals surface area contributed by atoms with Crippen LogP contribution in [0.25, 0.3) is 11.3 Å². The number of likely N-dealkylation sites (tertiary alicyclic amines) is 1. The number of nitrogens with zero attached hydrogens (tertiary/aromatic N) is 5. The molecule has 0 bridgehead atoms. The Labute approximate surface area is 168 Å². The quantitative estimate of drug-likeness (QED) is 0.676. The van der Waals surface area contributed by atoms with Crippen LogP contribution < -0.4 is 5.56 Å². The van der Waals surface area contributed by atoms with E-state index in [-0.39, 0.29) is 11.5 Å². The van der Waals surface area contributed by atoms with Crippen molar-refractivity contribution in [1.82, 2.24) is 24.6 Å². The Morgan fingerprint density at radius 3 is 2.69 bits per heavy atom. The summed E-state index contributed by atoms with van der Waals surface area (Å²) in [6.07, 6.45) is 6.66. The minimum absolute atomic E-state index is 0.0284. The number of amides is 1. The van der Waals surface area contributed by atoms with E-state index < -0.39 is 0 Å². The largest absolute Gasteiger partial charge is 0.361 e. The van der Waals surface area contributed by atoms with E-state index >= 15 is 0 Å². The summed E-state index contributed by atoms with van der Waals surface area (Å²) in [6, 6.07) is 5.25. The lowest BCUT2D eigenvalue weighted by molar-refractivity contribution is 0.0680. The first kappa shape index (κ1) is 19.0. The number of pyridine rings is 1. The fourth-order valence-corrected chi connectivity index (χ4v) is 3.78. The lowest BCUT2D eigenvalue weighted by Crippen LogP contribution is -2.40. The highest BCUT2D eigenvalue weighted by atomic mass is 16.5. The number of hydrogen-bond donors (Lipinski definition) is 0. The Bertz CT molecular complexity index is 1050. The predicted octanol–water partition coefficient (Wildman–Crippen LogP) is 2.46. The first-order chi connectivity index (χ1) is 14.0. The van der Waals surface area contributed by atoms with Crippen LogP contribution in [-0.4, -0.2) is 43.6 Å². The molecule has 150 valence electrons. The summed E-state index contributed by atoms with van der Waals surface area (Å²) < 4.78 is 6.76. The van der Waals surface area contributed by atoms with Crippen molar-refractivity contribution in [2.24, 2.45) is 5.92 Å². The molecule has 29 heavy (non-hydrogen) atoms. The second-order valence-corrected chi connectivity index (χ2v) is 7.44. The molecule has 1 saturated heterocycles. The van der Waals surface area contributed by atoms with E-state index in [0.29, 0.717) is 48.3 Å². The van der Waals surface area contributed by atoms with Crippen molar-refractivity contribution < 1.29 is 9.32 Å². The van der Waals surface area contributed by atoms with Gasteiger partial charge in [0.05, 0.1) is 17.7 Å². The second-order valence-electron chi connectivity index (χ2n) is 7.44. The average Bonchev–Trinajstić information content (AvgIpc) is 3.08. The van der Waals surface area contributed by atoms with Crippen molar-refractivity contribution in [3.05, 3.63) is 64.3 Å². The van der Waals surface area contributed by atoms with E-state index in [2.05, 4.69) is 15.1 Å². The Kier molecular flexibility index (Phi) is 5.24. The molecule has 1 aliphatic rings. The van der Waals surface area contributed by atoms with Crippen molar-refractivity contribution in [1.29, 1.82) is 0 Å². The zero-order valence-corrected chi connectivity index (χ0v) is 16.5. The SMILES string of the molecule is Cc1noc(C)c1C(=O)N1CCC(Cn2cnc(-c3cccnc3)cc2=O)CC1. The fourth-order valence-electron chi connectivity index (χ4n) is 3.78. The zero-order valence-electron chi connectivity index (χ0n) is 16.5. The van der Waals surface area contributed by atoms with Gasteiger partial charge in [0.1, 0.15) is 11.3 Å². The van der Waals surface area contributed by atoms with E-state index in [0.717, 1.165) is 18.4 Å². The minimum Gasteiger partial charge on any atom is -0.361 e. The summed E-state index contributed by atoms with van der Waals surface area (Å²) in [5.74, 6) is 0.854. The van der Waals surface area contributed by atoms with Crippen molar-refractivity contribution in [3.8, 4) is 11.3 Å². The average molecular weight is 393 g/mol. The van der Waals surface area contributed by atoms with Gasteiger partial charge in [0.25, 0.3) is 11.5 Å². The normalized spacial score (nSPS) is 14.9. The first-order valence-electron chi connectivity index (χ1n) is 9.72. The van der Waals surface area contributed by atoms with Gasteiger partial charge in [-0.1, -0.05) is 5.16 Å². The zero-order chi connectivity index (χ0) is 20.4. The predicted molar refractivity (Wildman–Crippen MR) is 106 cm³/mol. The summed E-state index contributed by atoms with van der Waals surface area (Å²) in [4.78, 5) is 35.6. The Morgan fingerprint density at radius 1 is 1.28 bits per heavy atom. The van der Waals surface area contributed by atoms with Crippen LogP contribution in [0, 0.1) is 19.8 Å². The van der Waals surface area contributed by atoms with Crippen LogP contribution in [0.2, 0.25) is 0 Å². The van der Waals surface area contributed by atoms with Gasteiger partial charge in [0.2, 0.25) is 0 Å². The molecule has 0 unspecified atom stereocenters. The van der Waals surface area contributed by atoms with Gasteiger partial charge in [0.15, 0.2) is 0 Å². The van der Waals surface area contributed by atoms with Crippen molar-refractivity contribution in [2.45, 2.75) is 33.2 Å². The molecule has 0 spiro atoms. The van der Waals surface area contributed by atoms with Gasteiger partial charge in [-0.25, -0.2) is 4.98 Å². The number of aromatic nitrogens is 4. The summed E-state index contributed by atoms with van der Waals surface area (Å²) in [6.45, 7) is 5.46. The third kappa shape index (κ3) is 3.96. The Balaban J connectivity index is 1.39. The molecular weight excluding hydrogens is 370 g/mol. The summed E-state index contributed by atoms with van der Waals surface area (Å²) in [5, 5.41) is 3.87. The van der Waals surface area contributed by atoms with Crippen molar-refractivity contribution in [2.75, 3.05) is 13.1 Å². The topological polar surface area (TPSA) is 94.1 Å². The molecule has 1 amide bonds. The van der Waals surface area contributed by atoms with Gasteiger partial charge in [-0.05, 0) is 44.7 Å². The van der Waals surface area contributed by atoms with Crippen molar-refractivity contribution >= 4 is 5.91 Å². The van der Waals surface area contributed by atoms with Crippen LogP contribution >= 0.6 is 0 Å². The molecule has 1 fully saturated rings. The lowest BCUT2D eigenvalue weighted by Gasteiger charge is -2.32. The van der Waals surface area contributed by atoms with E-state index in [4.69, 9.17) is 4.52 Å². The first-order valence-corrected chi connectivity index (χ1v) is 9.72. The number of aryl methyl sites for hydroxylation is 2. The number of piperidine rings is 1. The maximum atomic E-state index is 12.7. The summed E-state index contributed by atoms with van der Waals surface area (Å²) in [5.41, 5.74) is 2.56. The lowest BCUT2D eigenvalue weighted by atomic mass is 9.96. The molecule has 3 aromatic rings. The molecule has 4 heterocycles. The molecule has 3 aromatic heterocycles. The van der Waals surface area contributed by atoms with Crippen LogP contribution in [0.3, 0.4) is 0 Å². The number of carbonyl (C=O) groups excluding carboxylic acids is 1. The van der Waals surface area contributed by atoms with Crippen LogP contribution in [0.1, 0.15) is 34.7 Å². The van der Waals surface area contributed by atoms with Gasteiger partial charge >= 0.3 is 0 Å². The second kappa shape index (κ2) is 7.98. The number of carbonyl (C=O) groups is 1. The molecule has 8 heteroatoms. The van der Waals surface area contributed by atoms with E-state index in [1.54, 1.807) is 43.2 Å². The van der Waals surface area contributed by atoms with E-state index in [1.165, 1.54) is 0 Å². The molecule has 0 N–H and O–H groups in total. The fraction of sp³-hybridized carbons (Fsp3) is 0.381. The molecular formula is C21H23N5O3. The highest BCUT2D eigenvalue weighted by Crippen LogP contribution is 2.23. The highest BCUT2D eigenvalue weighted by Gasteiger charge is 2.27. The Hall–Kier alpha value is -3.29. The number of rotatable bonds is 4. The minimum atomic E-state index is -0.0759. The van der Waals surface area contributed by atoms with E-state index in [9.17, 15) is 9.59 Å². The standard InChI is InChI=1S/C21H23N5O3/c1-14-20(15(2)29-24-14)21(28)25-8-5-16(6-9-25)12-26-13-23-18(10-19(26)27)17-4-3-7-22-11-17/h3-4,7,10-11,13,16H,5-6,8-9,12H2,1-2H3. The van der Waals surface area contributed by atoms with Gasteiger partial charge < -0.3 is 9.42 Å². The molecule has 8 nitrogen and oxygen atoms in total. The van der Waals surface area contributed by atoms with E-state index in [1.807, 2.05) is 17.0 Å². The molecule has 4 rings (SSSR count). The monoisotopic (exact) mass is 393 g/mol. The van der Waals surface area contributed by atoms with Crippen molar-refractivity contribution in [3.63, 3.8) is 0 Å². The van der Waals surface area contributed by atoms with Gasteiger partial charge in [-0.15, -0.1) is 0 Å². The smallest absolute Gasteiger partial charge is 0.259 e. The molecule has 1 aliphatic heterocycles. The molecule has 0 radical (unpaired) electrons. The van der Waals surface area contributed by atoms with Crippen LogP contribution in [0.4, 0.5) is 0 Å². The van der Waals surface area contributed by atoms with Crippen LogP contribution in [0.15, 0.2) is 46.2 Å². The molecule has 0 aliphatic carbocycles. The Morgan fingerprint density at radius 2 is 2.07 bits per heavy atom. The number of hydrogen-bond acceptors (Lipinski definition) is 6.